The van der Waals surface area contributed by atoms with E-state index in [1.165, 1.54) is 13.8 Å². The van der Waals surface area contributed by atoms with Crippen molar-refractivity contribution < 1.29 is 19.4 Å². The van der Waals surface area contributed by atoms with Crippen LogP contribution in [0.2, 0.25) is 5.02 Å². The molecule has 0 fully saturated rings. The fraction of sp³-hybridized carbons (Fsp3) is 0.333. The van der Waals surface area contributed by atoms with E-state index in [4.69, 9.17) is 21.4 Å². The van der Waals surface area contributed by atoms with Gasteiger partial charge in [-0.3, -0.25) is 4.79 Å². The predicted molar refractivity (Wildman–Crippen MR) is 105 cm³/mol. The highest BCUT2D eigenvalue weighted by Gasteiger charge is 2.30. The Kier molecular flexibility index (Phi) is 6.16. The van der Waals surface area contributed by atoms with Crippen LogP contribution in [0.3, 0.4) is 0 Å². The Morgan fingerprint density at radius 1 is 1.00 bits per heavy atom. The highest BCUT2D eigenvalue weighted by atomic mass is 35.5. The summed E-state index contributed by atoms with van der Waals surface area (Å²) in [7, 11) is 0. The Bertz CT molecular complexity index is 811. The Hall–Kier alpha value is -2.53. The highest BCUT2D eigenvalue weighted by Crippen LogP contribution is 2.25. The van der Waals surface area contributed by atoms with Gasteiger partial charge in [0.05, 0.1) is 5.41 Å². The van der Waals surface area contributed by atoms with E-state index in [2.05, 4.69) is 5.32 Å². The lowest BCUT2D eigenvalue weighted by Gasteiger charge is -2.24. The molecule has 0 saturated heterocycles. The van der Waals surface area contributed by atoms with Crippen LogP contribution in [0.15, 0.2) is 48.5 Å². The molecule has 2 rings (SSSR count). The zero-order valence-corrected chi connectivity index (χ0v) is 16.6. The number of carboxylic acids is 1. The van der Waals surface area contributed by atoms with E-state index < -0.39 is 17.0 Å². The number of carbonyl (C=O) groups is 2. The van der Waals surface area contributed by atoms with Crippen LogP contribution in [0.5, 0.6) is 5.75 Å². The maximum Gasteiger partial charge on any atom is 0.347 e. The fourth-order valence-electron chi connectivity index (χ4n) is 2.41. The molecule has 0 spiro atoms. The molecule has 27 heavy (non-hydrogen) atoms. The smallest absolute Gasteiger partial charge is 0.347 e. The average Bonchev–Trinajstić information content (AvgIpc) is 2.60. The monoisotopic (exact) mass is 389 g/mol. The molecule has 0 bridgehead atoms. The van der Waals surface area contributed by atoms with Gasteiger partial charge in [0.1, 0.15) is 5.75 Å². The molecular formula is C21H24ClNO4. The van der Waals surface area contributed by atoms with Gasteiger partial charge in [0.15, 0.2) is 5.60 Å². The minimum absolute atomic E-state index is 0.0999. The lowest BCUT2D eigenvalue weighted by atomic mass is 9.83. The molecule has 0 radical (unpaired) electrons. The second kappa shape index (κ2) is 8.01. The number of rotatable bonds is 7. The number of carbonyl (C=O) groups excluding carboxylic acids is 1. The van der Waals surface area contributed by atoms with E-state index in [0.29, 0.717) is 17.3 Å². The van der Waals surface area contributed by atoms with E-state index in [9.17, 15) is 9.59 Å². The van der Waals surface area contributed by atoms with Crippen molar-refractivity contribution in [2.75, 3.05) is 0 Å². The first-order valence-corrected chi connectivity index (χ1v) is 8.96. The third-order valence-corrected chi connectivity index (χ3v) is 4.65. The summed E-state index contributed by atoms with van der Waals surface area (Å²) in [4.78, 5) is 23.7. The molecule has 0 aromatic heterocycles. The summed E-state index contributed by atoms with van der Waals surface area (Å²) in [6.07, 6.45) is 0. The Labute approximate surface area is 164 Å². The molecule has 6 heteroatoms. The number of carboxylic acid groups (broad SMARTS) is 1. The van der Waals surface area contributed by atoms with Gasteiger partial charge in [-0.25, -0.2) is 4.79 Å². The number of amides is 1. The van der Waals surface area contributed by atoms with Gasteiger partial charge in [0, 0.05) is 11.6 Å². The van der Waals surface area contributed by atoms with Crippen LogP contribution in [-0.4, -0.2) is 22.6 Å². The zero-order chi connectivity index (χ0) is 20.2. The summed E-state index contributed by atoms with van der Waals surface area (Å²) in [6.45, 7) is 7.05. The first-order valence-electron chi connectivity index (χ1n) is 8.58. The van der Waals surface area contributed by atoms with Gasteiger partial charge in [-0.05, 0) is 63.1 Å². The SMILES string of the molecule is CC(C)(Oc1ccc(CNC(=O)C(C)(C)c2ccc(Cl)cc2)cc1)C(=O)O. The molecule has 0 heterocycles. The molecule has 0 aliphatic rings. The summed E-state index contributed by atoms with van der Waals surface area (Å²) in [5.74, 6) is -0.681. The summed E-state index contributed by atoms with van der Waals surface area (Å²) in [6, 6.07) is 14.2. The van der Waals surface area contributed by atoms with E-state index in [1.807, 2.05) is 26.0 Å². The van der Waals surface area contributed by atoms with Gasteiger partial charge in [0.25, 0.3) is 0 Å². The maximum absolute atomic E-state index is 12.6. The normalized spacial score (nSPS) is 11.7. The van der Waals surface area contributed by atoms with Crippen LogP contribution in [-0.2, 0) is 21.5 Å². The number of hydrogen-bond donors (Lipinski definition) is 2. The first kappa shape index (κ1) is 20.8. The van der Waals surface area contributed by atoms with E-state index in [-0.39, 0.29) is 5.91 Å². The Balaban J connectivity index is 1.98. The van der Waals surface area contributed by atoms with Gasteiger partial charge >= 0.3 is 5.97 Å². The van der Waals surface area contributed by atoms with Gasteiger partial charge < -0.3 is 15.2 Å². The number of aliphatic carboxylic acids is 1. The largest absolute Gasteiger partial charge is 0.478 e. The number of halogens is 1. The van der Waals surface area contributed by atoms with Crippen molar-refractivity contribution in [3.63, 3.8) is 0 Å². The lowest BCUT2D eigenvalue weighted by molar-refractivity contribution is -0.152. The molecule has 1 amide bonds. The molecule has 2 aromatic carbocycles. The lowest BCUT2D eigenvalue weighted by Crippen LogP contribution is -2.39. The quantitative estimate of drug-likeness (QED) is 0.745. The van der Waals surface area contributed by atoms with Crippen molar-refractivity contribution in [3.8, 4) is 5.75 Å². The van der Waals surface area contributed by atoms with Crippen molar-refractivity contribution in [2.24, 2.45) is 0 Å². The van der Waals surface area contributed by atoms with Crippen molar-refractivity contribution in [2.45, 2.75) is 45.3 Å². The topological polar surface area (TPSA) is 75.6 Å². The van der Waals surface area contributed by atoms with Gasteiger partial charge in [-0.2, -0.15) is 0 Å². The molecule has 2 aromatic rings. The second-order valence-electron chi connectivity index (χ2n) is 7.38. The van der Waals surface area contributed by atoms with E-state index in [1.54, 1.807) is 36.4 Å². The number of nitrogens with one attached hydrogen (secondary N) is 1. The van der Waals surface area contributed by atoms with Gasteiger partial charge in [0.2, 0.25) is 5.91 Å². The van der Waals surface area contributed by atoms with E-state index in [0.717, 1.165) is 11.1 Å². The van der Waals surface area contributed by atoms with Gasteiger partial charge in [-0.1, -0.05) is 35.9 Å². The standard InChI is InChI=1S/C21H24ClNO4/c1-20(2,15-7-9-16(22)10-8-15)18(24)23-13-14-5-11-17(12-6-14)27-21(3,4)19(25)26/h5-12H,13H2,1-4H3,(H,23,24)(H,25,26). The van der Waals surface area contributed by atoms with Crippen LogP contribution in [0, 0.1) is 0 Å². The molecule has 2 N–H and O–H groups in total. The third kappa shape index (κ3) is 5.23. The van der Waals surface area contributed by atoms with Crippen LogP contribution in [0.25, 0.3) is 0 Å². The highest BCUT2D eigenvalue weighted by molar-refractivity contribution is 6.30. The van der Waals surface area contributed by atoms with E-state index >= 15 is 0 Å². The van der Waals surface area contributed by atoms with Crippen LogP contribution < -0.4 is 10.1 Å². The van der Waals surface area contributed by atoms with Gasteiger partial charge in [-0.15, -0.1) is 0 Å². The third-order valence-electron chi connectivity index (χ3n) is 4.40. The molecule has 144 valence electrons. The van der Waals surface area contributed by atoms with Crippen LogP contribution in [0.1, 0.15) is 38.8 Å². The van der Waals surface area contributed by atoms with Crippen molar-refractivity contribution in [1.29, 1.82) is 0 Å². The van der Waals surface area contributed by atoms with Crippen molar-refractivity contribution in [3.05, 3.63) is 64.7 Å². The molecule has 5 nitrogen and oxygen atoms in total. The summed E-state index contributed by atoms with van der Waals surface area (Å²) >= 11 is 5.91. The Morgan fingerprint density at radius 3 is 2.07 bits per heavy atom. The molecule has 0 unspecified atom stereocenters. The minimum atomic E-state index is -1.31. The molecule has 0 atom stereocenters. The van der Waals surface area contributed by atoms with Crippen molar-refractivity contribution in [1.82, 2.24) is 5.32 Å². The minimum Gasteiger partial charge on any atom is -0.478 e. The van der Waals surface area contributed by atoms with Crippen LogP contribution in [0.4, 0.5) is 0 Å². The average molecular weight is 390 g/mol. The fourth-order valence-corrected chi connectivity index (χ4v) is 2.54. The zero-order valence-electron chi connectivity index (χ0n) is 15.9. The maximum atomic E-state index is 12.6. The molecule has 0 saturated carbocycles. The summed E-state index contributed by atoms with van der Waals surface area (Å²) < 4.78 is 5.47. The summed E-state index contributed by atoms with van der Waals surface area (Å²) in [5.41, 5.74) is -0.239. The second-order valence-corrected chi connectivity index (χ2v) is 7.81. The molecule has 0 aliphatic heterocycles. The molecular weight excluding hydrogens is 366 g/mol. The predicted octanol–water partition coefficient (Wildman–Crippen LogP) is 4.18. The summed E-state index contributed by atoms with van der Waals surface area (Å²) in [5, 5.41) is 12.7. The molecule has 0 aliphatic carbocycles. The van der Waals surface area contributed by atoms with Crippen LogP contribution >= 0.6 is 11.6 Å². The first-order chi connectivity index (χ1) is 12.5. The Morgan fingerprint density at radius 2 is 1.56 bits per heavy atom. The number of ether oxygens (including phenoxy) is 1. The number of hydrogen-bond acceptors (Lipinski definition) is 3. The number of benzene rings is 2. The van der Waals surface area contributed by atoms with Crippen molar-refractivity contribution >= 4 is 23.5 Å².